The van der Waals surface area contributed by atoms with Crippen LogP contribution >= 0.6 is 0 Å². The van der Waals surface area contributed by atoms with Crippen molar-refractivity contribution >= 4 is 11.7 Å². The van der Waals surface area contributed by atoms with Gasteiger partial charge < -0.3 is 24.2 Å². The number of ether oxygens (including phenoxy) is 4. The van der Waals surface area contributed by atoms with E-state index < -0.39 is 30.3 Å². The maximum absolute atomic E-state index is 11.9. The van der Waals surface area contributed by atoms with Crippen molar-refractivity contribution in [2.75, 3.05) is 6.61 Å². The van der Waals surface area contributed by atoms with Crippen molar-refractivity contribution in [3.63, 3.8) is 0 Å². The number of hydrogen-bond donors (Lipinski definition) is 1. The molecule has 0 amide bonds. The van der Waals surface area contributed by atoms with Crippen LogP contribution in [0, 0.1) is 0 Å². The van der Waals surface area contributed by atoms with Gasteiger partial charge in [-0.3, -0.25) is 0 Å². The lowest BCUT2D eigenvalue weighted by Gasteiger charge is -2.20. The van der Waals surface area contributed by atoms with Gasteiger partial charge in [-0.1, -0.05) is 23.4 Å². The number of hydrogen-bond acceptors (Lipinski definition) is 7. The van der Waals surface area contributed by atoms with Crippen molar-refractivity contribution in [3.05, 3.63) is 35.9 Å². The van der Waals surface area contributed by atoms with Gasteiger partial charge in [0.2, 0.25) is 0 Å². The molecule has 3 atom stereocenters. The van der Waals surface area contributed by atoms with Crippen LogP contribution in [-0.2, 0) is 18.9 Å². The van der Waals surface area contributed by atoms with Crippen molar-refractivity contribution in [1.29, 1.82) is 0 Å². The number of esters is 1. The van der Waals surface area contributed by atoms with Gasteiger partial charge in [-0.15, -0.1) is 0 Å². The summed E-state index contributed by atoms with van der Waals surface area (Å²) >= 11 is 0. The maximum Gasteiger partial charge on any atom is 0.338 e. The average Bonchev–Trinajstić information content (AvgIpc) is 2.96. The molecule has 0 aliphatic carbocycles. The van der Waals surface area contributed by atoms with Crippen LogP contribution < -0.4 is 0 Å². The van der Waals surface area contributed by atoms with E-state index >= 15 is 0 Å². The van der Waals surface area contributed by atoms with Gasteiger partial charge in [0.05, 0.1) is 5.56 Å². The van der Waals surface area contributed by atoms with Gasteiger partial charge in [0.15, 0.2) is 18.2 Å². The lowest BCUT2D eigenvalue weighted by atomic mass is 10.1. The minimum Gasteiger partial charge on any atom is -0.459 e. The highest BCUT2D eigenvalue weighted by molar-refractivity contribution is 5.95. The number of fused-ring (bicyclic) bond motifs is 1. The van der Waals surface area contributed by atoms with Crippen LogP contribution in [0.1, 0.15) is 24.2 Å². The quantitative estimate of drug-likeness (QED) is 0.518. The van der Waals surface area contributed by atoms with E-state index in [2.05, 4.69) is 5.16 Å². The highest BCUT2D eigenvalue weighted by Gasteiger charge is 2.53. The molecule has 0 saturated carbocycles. The van der Waals surface area contributed by atoms with Crippen LogP contribution in [0.4, 0.5) is 0 Å². The maximum atomic E-state index is 11.9. The molecule has 0 radical (unpaired) electrons. The second kappa shape index (κ2) is 5.68. The van der Waals surface area contributed by atoms with E-state index in [1.54, 1.807) is 38.1 Å². The predicted molar refractivity (Wildman–Crippen MR) is 74.6 cm³/mol. The Morgan fingerprint density at radius 2 is 2.05 bits per heavy atom. The Labute approximate surface area is 127 Å². The first-order chi connectivity index (χ1) is 10.5. The minimum absolute atomic E-state index is 0.0761. The lowest BCUT2D eigenvalue weighted by Crippen LogP contribution is -2.33. The van der Waals surface area contributed by atoms with E-state index in [4.69, 9.17) is 24.2 Å². The van der Waals surface area contributed by atoms with E-state index in [0.717, 1.165) is 0 Å². The summed E-state index contributed by atoms with van der Waals surface area (Å²) in [6.07, 6.45) is -1.95. The first-order valence-corrected chi connectivity index (χ1v) is 6.95. The number of oxime groups is 1. The number of carbonyl (C=O) groups is 1. The third-order valence-electron chi connectivity index (χ3n) is 3.47. The predicted octanol–water partition coefficient (Wildman–Crippen LogP) is 1.55. The molecule has 0 bridgehead atoms. The molecule has 1 aromatic carbocycles. The average molecular weight is 307 g/mol. The highest BCUT2D eigenvalue weighted by atomic mass is 16.8. The zero-order valence-electron chi connectivity index (χ0n) is 12.3. The zero-order valence-corrected chi connectivity index (χ0v) is 12.3. The van der Waals surface area contributed by atoms with Gasteiger partial charge in [-0.25, -0.2) is 4.79 Å². The Kier molecular flexibility index (Phi) is 3.86. The summed E-state index contributed by atoms with van der Waals surface area (Å²) in [4.78, 5) is 11.9. The smallest absolute Gasteiger partial charge is 0.338 e. The van der Waals surface area contributed by atoms with E-state index in [-0.39, 0.29) is 12.3 Å². The number of benzene rings is 1. The van der Waals surface area contributed by atoms with Crippen molar-refractivity contribution < 1.29 is 28.9 Å². The van der Waals surface area contributed by atoms with E-state index in [9.17, 15) is 4.79 Å². The molecule has 1 aromatic rings. The Balaban J connectivity index is 1.62. The standard InChI is InChI=1S/C15H17NO6/c1-15(2)21-12-11(16-18)10(20-14(12)22-15)8-19-13(17)9-6-4-3-5-7-9/h3-7,10,12,14,18H,8H2,1-2H3/b16-11+. The summed E-state index contributed by atoms with van der Waals surface area (Å²) in [5.74, 6) is -1.28. The molecule has 118 valence electrons. The largest absolute Gasteiger partial charge is 0.459 e. The molecule has 1 N–H and O–H groups in total. The van der Waals surface area contributed by atoms with Gasteiger partial charge in [0.1, 0.15) is 18.4 Å². The summed E-state index contributed by atoms with van der Waals surface area (Å²) in [5, 5.41) is 12.4. The van der Waals surface area contributed by atoms with Crippen molar-refractivity contribution in [2.45, 2.75) is 38.1 Å². The van der Waals surface area contributed by atoms with Crippen LogP contribution in [0.5, 0.6) is 0 Å². The molecular formula is C15H17NO6. The Hall–Kier alpha value is -1.96. The molecule has 3 unspecified atom stereocenters. The van der Waals surface area contributed by atoms with Gasteiger partial charge in [0.25, 0.3) is 0 Å². The molecule has 22 heavy (non-hydrogen) atoms. The van der Waals surface area contributed by atoms with E-state index in [0.29, 0.717) is 5.56 Å². The molecule has 2 aliphatic rings. The summed E-state index contributed by atoms with van der Waals surface area (Å²) in [6.45, 7) is 3.41. The molecule has 2 heterocycles. The monoisotopic (exact) mass is 307 g/mol. The van der Waals surface area contributed by atoms with Crippen LogP contribution in [0.2, 0.25) is 0 Å². The summed E-state index contributed by atoms with van der Waals surface area (Å²) in [7, 11) is 0. The zero-order chi connectivity index (χ0) is 15.7. The molecule has 7 nitrogen and oxygen atoms in total. The van der Waals surface area contributed by atoms with Gasteiger partial charge in [0, 0.05) is 0 Å². The SMILES string of the molecule is CC1(C)OC2OC(COC(=O)c3ccccc3)/C(=N\O)C2O1. The van der Waals surface area contributed by atoms with Crippen molar-refractivity contribution in [1.82, 2.24) is 0 Å². The summed E-state index contributed by atoms with van der Waals surface area (Å²) < 4.78 is 22.0. The summed E-state index contributed by atoms with van der Waals surface area (Å²) in [6, 6.07) is 8.62. The van der Waals surface area contributed by atoms with Gasteiger partial charge >= 0.3 is 5.97 Å². The fourth-order valence-electron chi connectivity index (χ4n) is 2.50. The number of rotatable bonds is 3. The van der Waals surface area contributed by atoms with Crippen LogP contribution in [-0.4, -0.2) is 47.8 Å². The first kappa shape index (κ1) is 15.0. The fraction of sp³-hybridized carbons (Fsp3) is 0.467. The van der Waals surface area contributed by atoms with Gasteiger partial charge in [-0.2, -0.15) is 0 Å². The van der Waals surface area contributed by atoms with Crippen LogP contribution in [0.3, 0.4) is 0 Å². The molecule has 2 fully saturated rings. The molecule has 2 aliphatic heterocycles. The topological polar surface area (TPSA) is 86.6 Å². The van der Waals surface area contributed by atoms with Crippen LogP contribution in [0.15, 0.2) is 35.5 Å². The Morgan fingerprint density at radius 3 is 2.73 bits per heavy atom. The minimum atomic E-state index is -0.809. The molecule has 7 heteroatoms. The van der Waals surface area contributed by atoms with Crippen LogP contribution in [0.25, 0.3) is 0 Å². The molecule has 2 saturated heterocycles. The molecular weight excluding hydrogens is 290 g/mol. The van der Waals surface area contributed by atoms with E-state index in [1.807, 2.05) is 6.07 Å². The highest BCUT2D eigenvalue weighted by Crippen LogP contribution is 2.35. The number of carbonyl (C=O) groups excluding carboxylic acids is 1. The van der Waals surface area contributed by atoms with E-state index in [1.165, 1.54) is 0 Å². The lowest BCUT2D eigenvalue weighted by molar-refractivity contribution is -0.199. The third kappa shape index (κ3) is 2.83. The van der Waals surface area contributed by atoms with Gasteiger partial charge in [-0.05, 0) is 26.0 Å². The second-order valence-electron chi connectivity index (χ2n) is 5.54. The third-order valence-corrected chi connectivity index (χ3v) is 3.47. The Morgan fingerprint density at radius 1 is 1.32 bits per heavy atom. The number of nitrogens with zero attached hydrogens (tertiary/aromatic N) is 1. The Bertz CT molecular complexity index is 585. The summed E-state index contributed by atoms with van der Waals surface area (Å²) in [5.41, 5.74) is 0.702. The second-order valence-corrected chi connectivity index (χ2v) is 5.54. The van der Waals surface area contributed by atoms with Crippen molar-refractivity contribution in [3.8, 4) is 0 Å². The first-order valence-electron chi connectivity index (χ1n) is 6.95. The molecule has 0 aromatic heterocycles. The van der Waals surface area contributed by atoms with Crippen molar-refractivity contribution in [2.24, 2.45) is 5.16 Å². The molecule has 0 spiro atoms. The fourth-order valence-corrected chi connectivity index (χ4v) is 2.50. The molecule has 3 rings (SSSR count). The normalized spacial score (nSPS) is 31.2.